The Morgan fingerprint density at radius 2 is 0.843 bits per heavy atom. The molecule has 0 bridgehead atoms. The maximum Gasteiger partial charge on any atom is 0.310 e. The maximum absolute atomic E-state index is 12.5. The van der Waals surface area contributed by atoms with Crippen molar-refractivity contribution in [2.75, 3.05) is 13.2 Å². The highest BCUT2D eigenvalue weighted by Crippen LogP contribution is 2.14. The number of ether oxygens (including phenoxy) is 3. The van der Waals surface area contributed by atoms with Crippen molar-refractivity contribution in [2.24, 2.45) is 0 Å². The van der Waals surface area contributed by atoms with Crippen molar-refractivity contribution in [1.82, 2.24) is 0 Å². The van der Waals surface area contributed by atoms with Crippen LogP contribution in [0.1, 0.15) is 201 Å². The van der Waals surface area contributed by atoms with Crippen LogP contribution >= 0.6 is 0 Å². The molecule has 0 radical (unpaired) electrons. The van der Waals surface area contributed by atoms with Gasteiger partial charge in [0.25, 0.3) is 0 Å². The lowest BCUT2D eigenvalue weighted by atomic mass is 10.0. The molecule has 0 aromatic carbocycles. The Morgan fingerprint density at radius 3 is 1.35 bits per heavy atom. The zero-order chi connectivity index (χ0) is 37.3. The Bertz CT molecular complexity index is 918. The molecule has 0 saturated carbocycles. The molecule has 0 aliphatic heterocycles. The second-order valence-corrected chi connectivity index (χ2v) is 13.9. The molecular formula is C45H78O6. The van der Waals surface area contributed by atoms with Crippen LogP contribution in [-0.2, 0) is 28.6 Å². The van der Waals surface area contributed by atoms with Crippen LogP contribution in [0.4, 0.5) is 0 Å². The highest BCUT2D eigenvalue weighted by Gasteiger charge is 2.19. The van der Waals surface area contributed by atoms with Crippen molar-refractivity contribution in [3.05, 3.63) is 48.6 Å². The van der Waals surface area contributed by atoms with E-state index in [1.165, 1.54) is 103 Å². The molecule has 0 amide bonds. The summed E-state index contributed by atoms with van der Waals surface area (Å²) in [6.45, 7) is 6.35. The summed E-state index contributed by atoms with van der Waals surface area (Å²) in [6.07, 6.45) is 45.7. The third-order valence-corrected chi connectivity index (χ3v) is 8.85. The monoisotopic (exact) mass is 715 g/mol. The zero-order valence-corrected chi connectivity index (χ0v) is 33.4. The van der Waals surface area contributed by atoms with E-state index in [9.17, 15) is 14.4 Å². The fourth-order valence-electron chi connectivity index (χ4n) is 5.68. The highest BCUT2D eigenvalue weighted by molar-refractivity contribution is 5.72. The molecule has 294 valence electrons. The Balaban J connectivity index is 4.39. The van der Waals surface area contributed by atoms with Gasteiger partial charge in [-0.3, -0.25) is 14.4 Å². The first-order chi connectivity index (χ1) is 25.0. The van der Waals surface area contributed by atoms with E-state index in [0.29, 0.717) is 19.3 Å². The van der Waals surface area contributed by atoms with Gasteiger partial charge in [0.1, 0.15) is 13.2 Å². The fourth-order valence-corrected chi connectivity index (χ4v) is 5.68. The van der Waals surface area contributed by atoms with Gasteiger partial charge in [-0.2, -0.15) is 0 Å². The van der Waals surface area contributed by atoms with Gasteiger partial charge in [-0.05, 0) is 51.4 Å². The number of carbonyl (C=O) groups excluding carboxylic acids is 3. The molecule has 0 saturated heterocycles. The molecule has 51 heavy (non-hydrogen) atoms. The van der Waals surface area contributed by atoms with Gasteiger partial charge in [-0.1, -0.05) is 179 Å². The lowest BCUT2D eigenvalue weighted by Crippen LogP contribution is -2.30. The van der Waals surface area contributed by atoms with Gasteiger partial charge in [0.2, 0.25) is 0 Å². The first-order valence-corrected chi connectivity index (χ1v) is 21.1. The molecule has 0 aliphatic rings. The molecule has 6 heteroatoms. The SMILES string of the molecule is CC/C=C\C/C=C\C/C=C\CC(=O)OC(COC(=O)CCC/C=C\CCCCCC)COC(=O)CCCCCCCCCCCCCCCCC. The van der Waals surface area contributed by atoms with E-state index in [-0.39, 0.29) is 31.6 Å². The van der Waals surface area contributed by atoms with Crippen LogP contribution in [0.25, 0.3) is 0 Å². The molecule has 0 heterocycles. The summed E-state index contributed by atoms with van der Waals surface area (Å²) in [5, 5.41) is 0. The van der Waals surface area contributed by atoms with Crippen LogP contribution in [0.2, 0.25) is 0 Å². The minimum atomic E-state index is -0.826. The molecule has 0 aromatic rings. The molecule has 0 aliphatic carbocycles. The second-order valence-electron chi connectivity index (χ2n) is 13.9. The van der Waals surface area contributed by atoms with Crippen LogP contribution in [0.5, 0.6) is 0 Å². The van der Waals surface area contributed by atoms with Gasteiger partial charge in [-0.25, -0.2) is 0 Å². The molecule has 0 rings (SSSR count). The van der Waals surface area contributed by atoms with E-state index >= 15 is 0 Å². The number of rotatable bonds is 37. The van der Waals surface area contributed by atoms with Crippen molar-refractivity contribution in [1.29, 1.82) is 0 Å². The number of allylic oxidation sites excluding steroid dienone is 7. The molecule has 1 atom stereocenters. The largest absolute Gasteiger partial charge is 0.462 e. The minimum Gasteiger partial charge on any atom is -0.462 e. The minimum absolute atomic E-state index is 0.103. The first-order valence-electron chi connectivity index (χ1n) is 21.1. The van der Waals surface area contributed by atoms with Gasteiger partial charge in [-0.15, -0.1) is 0 Å². The van der Waals surface area contributed by atoms with E-state index in [4.69, 9.17) is 14.2 Å². The Labute approximate surface area is 314 Å². The number of carbonyl (C=O) groups is 3. The maximum atomic E-state index is 12.5. The van der Waals surface area contributed by atoms with Crippen LogP contribution < -0.4 is 0 Å². The zero-order valence-electron chi connectivity index (χ0n) is 33.4. The van der Waals surface area contributed by atoms with Crippen molar-refractivity contribution in [3.8, 4) is 0 Å². The summed E-state index contributed by atoms with van der Waals surface area (Å²) in [5.41, 5.74) is 0. The summed E-state index contributed by atoms with van der Waals surface area (Å²) in [4.78, 5) is 37.4. The van der Waals surface area contributed by atoms with E-state index in [0.717, 1.165) is 51.4 Å². The lowest BCUT2D eigenvalue weighted by Gasteiger charge is -2.18. The molecule has 0 N–H and O–H groups in total. The number of hydrogen-bond donors (Lipinski definition) is 0. The average molecular weight is 715 g/mol. The van der Waals surface area contributed by atoms with E-state index < -0.39 is 12.1 Å². The fraction of sp³-hybridized carbons (Fsp3) is 0.756. The van der Waals surface area contributed by atoms with Crippen LogP contribution in [0.3, 0.4) is 0 Å². The Hall–Kier alpha value is -2.63. The van der Waals surface area contributed by atoms with E-state index in [1.54, 1.807) is 6.08 Å². The quantitative estimate of drug-likeness (QED) is 0.0276. The van der Waals surface area contributed by atoms with Crippen molar-refractivity contribution in [3.63, 3.8) is 0 Å². The molecule has 0 aromatic heterocycles. The second kappa shape index (κ2) is 40.1. The lowest BCUT2D eigenvalue weighted by molar-refractivity contribution is -0.166. The van der Waals surface area contributed by atoms with Crippen molar-refractivity contribution >= 4 is 17.9 Å². The van der Waals surface area contributed by atoms with Crippen molar-refractivity contribution in [2.45, 2.75) is 207 Å². The number of esters is 3. The smallest absolute Gasteiger partial charge is 0.310 e. The van der Waals surface area contributed by atoms with Crippen LogP contribution in [0, 0.1) is 0 Å². The van der Waals surface area contributed by atoms with E-state index in [1.807, 2.05) is 6.08 Å². The average Bonchev–Trinajstić information content (AvgIpc) is 3.12. The summed E-state index contributed by atoms with van der Waals surface area (Å²) in [6, 6.07) is 0. The van der Waals surface area contributed by atoms with Gasteiger partial charge >= 0.3 is 17.9 Å². The van der Waals surface area contributed by atoms with Gasteiger partial charge in [0, 0.05) is 12.8 Å². The number of unbranched alkanes of at least 4 members (excludes halogenated alkanes) is 19. The molecular weight excluding hydrogens is 636 g/mol. The summed E-state index contributed by atoms with van der Waals surface area (Å²) in [7, 11) is 0. The van der Waals surface area contributed by atoms with Gasteiger partial charge in [0.15, 0.2) is 6.10 Å². The Kier molecular flexibility index (Phi) is 38.1. The van der Waals surface area contributed by atoms with Gasteiger partial charge < -0.3 is 14.2 Å². The van der Waals surface area contributed by atoms with E-state index in [2.05, 4.69) is 57.2 Å². The molecule has 6 nitrogen and oxygen atoms in total. The normalized spacial score (nSPS) is 12.5. The highest BCUT2D eigenvalue weighted by atomic mass is 16.6. The van der Waals surface area contributed by atoms with Crippen LogP contribution in [0.15, 0.2) is 48.6 Å². The number of hydrogen-bond acceptors (Lipinski definition) is 6. The molecule has 0 fully saturated rings. The summed E-state index contributed by atoms with van der Waals surface area (Å²) >= 11 is 0. The van der Waals surface area contributed by atoms with Gasteiger partial charge in [0.05, 0.1) is 6.42 Å². The standard InChI is InChI=1S/C45H78O6/c1-4-7-10-13-16-19-20-21-22-23-24-27-29-32-35-38-44(47)50-41-42(51-45(48)39-36-33-30-26-18-15-12-9-6-3)40-49-43(46)37-34-31-28-25-17-14-11-8-5-2/h9,12,18,25-26,28,33,36,42H,4-8,10-11,13-17,19-24,27,29-32,34-35,37-41H2,1-3H3/b12-9-,26-18-,28-25-,36-33-. The third-order valence-electron chi connectivity index (χ3n) is 8.85. The third kappa shape index (κ3) is 38.4. The first kappa shape index (κ1) is 48.4. The predicted molar refractivity (Wildman–Crippen MR) is 215 cm³/mol. The van der Waals surface area contributed by atoms with Crippen molar-refractivity contribution < 1.29 is 28.6 Å². The Morgan fingerprint density at radius 1 is 0.431 bits per heavy atom. The molecule has 0 spiro atoms. The topological polar surface area (TPSA) is 78.9 Å². The molecule has 1 unspecified atom stereocenters. The predicted octanol–water partition coefficient (Wildman–Crippen LogP) is 13.2. The van der Waals surface area contributed by atoms with Crippen LogP contribution in [-0.4, -0.2) is 37.2 Å². The summed E-state index contributed by atoms with van der Waals surface area (Å²) in [5.74, 6) is -1.08. The summed E-state index contributed by atoms with van der Waals surface area (Å²) < 4.78 is 16.5.